The second-order valence-electron chi connectivity index (χ2n) is 8.31. The lowest BCUT2D eigenvalue weighted by atomic mass is 9.85. The van der Waals surface area contributed by atoms with Crippen LogP contribution in [0.25, 0.3) is 0 Å². The monoisotopic (exact) mass is 460 g/mol. The molecule has 0 aliphatic carbocycles. The lowest BCUT2D eigenvalue weighted by Crippen LogP contribution is -2.56. The maximum absolute atomic E-state index is 12.0. The Kier molecular flexibility index (Phi) is 7.10. The molecule has 0 amide bonds. The normalized spacial score (nSPS) is 30.0. The zero-order valence-corrected chi connectivity index (χ0v) is 18.2. The molecule has 33 heavy (non-hydrogen) atoms. The Balaban J connectivity index is 1.58. The summed E-state index contributed by atoms with van der Waals surface area (Å²) < 4.78 is 22.8. The Hall–Kier alpha value is -2.37. The summed E-state index contributed by atoms with van der Waals surface area (Å²) >= 11 is 0. The number of carbonyl (C=O) groups excluding carboxylic acids is 1. The predicted molar refractivity (Wildman–Crippen MR) is 114 cm³/mol. The molecule has 2 aliphatic heterocycles. The van der Waals surface area contributed by atoms with Gasteiger partial charge in [0, 0.05) is 5.56 Å². The number of fused-ring (bicyclic) bond motifs is 1. The van der Waals surface area contributed by atoms with Gasteiger partial charge in [0.1, 0.15) is 36.6 Å². The molecule has 2 fully saturated rings. The molecule has 0 spiro atoms. The van der Waals surface area contributed by atoms with Gasteiger partial charge >= 0.3 is 5.97 Å². The van der Waals surface area contributed by atoms with E-state index >= 15 is 0 Å². The number of benzene rings is 2. The molecular weight excluding hydrogens is 432 g/mol. The predicted octanol–water partition coefficient (Wildman–Crippen LogP) is 0.783. The van der Waals surface area contributed by atoms with Crippen molar-refractivity contribution in [1.29, 1.82) is 0 Å². The maximum Gasteiger partial charge on any atom is 0.338 e. The summed E-state index contributed by atoms with van der Waals surface area (Å²) in [5, 5.41) is 40.3. The topological polar surface area (TPSA) is 135 Å². The van der Waals surface area contributed by atoms with E-state index < -0.39 is 48.9 Å². The molecule has 4 N–H and O–H groups in total. The van der Waals surface area contributed by atoms with E-state index in [1.807, 2.05) is 31.2 Å². The summed E-state index contributed by atoms with van der Waals surface area (Å²) in [7, 11) is 0. The maximum atomic E-state index is 12.0. The van der Waals surface area contributed by atoms with Crippen molar-refractivity contribution in [3.05, 3.63) is 70.8 Å². The third-order valence-electron chi connectivity index (χ3n) is 5.96. The fourth-order valence-electron chi connectivity index (χ4n) is 4.19. The molecule has 6 atom stereocenters. The van der Waals surface area contributed by atoms with Crippen molar-refractivity contribution in [2.75, 3.05) is 26.4 Å². The van der Waals surface area contributed by atoms with Crippen LogP contribution in [0.4, 0.5) is 0 Å². The number of aryl methyl sites for hydroxylation is 1. The van der Waals surface area contributed by atoms with E-state index in [1.165, 1.54) is 12.1 Å². The van der Waals surface area contributed by atoms with E-state index in [0.717, 1.165) is 11.1 Å². The minimum Gasteiger partial charge on any atom is -0.460 e. The molecule has 9 nitrogen and oxygen atoms in total. The van der Waals surface area contributed by atoms with Gasteiger partial charge in [-0.3, -0.25) is 0 Å². The first-order valence-electron chi connectivity index (χ1n) is 10.8. The molecule has 2 aliphatic rings. The van der Waals surface area contributed by atoms with Crippen molar-refractivity contribution in [3.8, 4) is 0 Å². The Labute approximate surface area is 191 Å². The Morgan fingerprint density at radius 3 is 2.39 bits per heavy atom. The van der Waals surface area contributed by atoms with Gasteiger partial charge in [-0.25, -0.2) is 4.79 Å². The van der Waals surface area contributed by atoms with Crippen LogP contribution in [0.1, 0.15) is 39.4 Å². The van der Waals surface area contributed by atoms with Crippen LogP contribution in [0.3, 0.4) is 0 Å². The lowest BCUT2D eigenvalue weighted by Gasteiger charge is -2.41. The van der Waals surface area contributed by atoms with Crippen LogP contribution in [0.2, 0.25) is 0 Å². The first-order valence-corrected chi connectivity index (χ1v) is 10.8. The largest absolute Gasteiger partial charge is 0.460 e. The van der Waals surface area contributed by atoms with Gasteiger partial charge < -0.3 is 39.4 Å². The zero-order valence-electron chi connectivity index (χ0n) is 18.2. The summed E-state index contributed by atoms with van der Waals surface area (Å²) in [6.07, 6.45) is -4.96. The smallest absolute Gasteiger partial charge is 0.338 e. The Morgan fingerprint density at radius 1 is 1.09 bits per heavy atom. The molecule has 2 aromatic carbocycles. The van der Waals surface area contributed by atoms with E-state index in [4.69, 9.17) is 24.1 Å². The third-order valence-corrected chi connectivity index (χ3v) is 5.96. The van der Waals surface area contributed by atoms with Gasteiger partial charge in [-0.1, -0.05) is 42.0 Å². The molecule has 4 rings (SSSR count). The average molecular weight is 460 g/mol. The fraction of sp³-hybridized carbons (Fsp3) is 0.458. The molecule has 0 radical (unpaired) electrons. The molecule has 2 aromatic rings. The molecule has 9 heteroatoms. The van der Waals surface area contributed by atoms with Gasteiger partial charge in [-0.05, 0) is 24.6 Å². The van der Waals surface area contributed by atoms with E-state index in [9.17, 15) is 20.1 Å². The summed E-state index contributed by atoms with van der Waals surface area (Å²) in [5.41, 5.74) is 1.01. The summed E-state index contributed by atoms with van der Waals surface area (Å²) in [4.78, 5) is 12.0. The molecule has 3 unspecified atom stereocenters. The number of aliphatic hydroxyl groups is 4. The molecule has 0 aromatic heterocycles. The van der Waals surface area contributed by atoms with E-state index in [2.05, 4.69) is 0 Å². The van der Waals surface area contributed by atoms with E-state index in [-0.39, 0.29) is 25.4 Å². The Morgan fingerprint density at radius 2 is 1.76 bits per heavy atom. The second kappa shape index (κ2) is 9.86. The standard InChI is InChI=1S/C24H28O9/c1-14-2-4-17(5-3-14)23-31-13-24(29)20(32-19(18(27)12-26)21(24)33-23)15-6-8-16(9-7-15)22(28)30-11-10-25/h2-9,18-21,23,25-27,29H,10-13H2,1H3/t18?,19-,20?,21+,23?,24-/m1/s1. The quantitative estimate of drug-likeness (QED) is 0.442. The minimum absolute atomic E-state index is 0.106. The third kappa shape index (κ3) is 4.67. The fourth-order valence-corrected chi connectivity index (χ4v) is 4.19. The summed E-state index contributed by atoms with van der Waals surface area (Å²) in [5.74, 6) is -0.585. The number of carbonyl (C=O) groups is 1. The van der Waals surface area contributed by atoms with E-state index in [0.29, 0.717) is 5.56 Å². The van der Waals surface area contributed by atoms with Crippen LogP contribution >= 0.6 is 0 Å². The highest BCUT2D eigenvalue weighted by molar-refractivity contribution is 5.89. The molecule has 178 valence electrons. The number of hydrogen-bond donors (Lipinski definition) is 4. The molecule has 2 saturated heterocycles. The van der Waals surface area contributed by atoms with Crippen LogP contribution in [-0.4, -0.2) is 76.7 Å². The van der Waals surface area contributed by atoms with Crippen molar-refractivity contribution in [1.82, 2.24) is 0 Å². The van der Waals surface area contributed by atoms with Crippen molar-refractivity contribution in [3.63, 3.8) is 0 Å². The van der Waals surface area contributed by atoms with Crippen molar-refractivity contribution < 1.29 is 44.2 Å². The molecular formula is C24H28O9. The van der Waals surface area contributed by atoms with Gasteiger partial charge in [-0.2, -0.15) is 0 Å². The number of hydrogen-bond acceptors (Lipinski definition) is 9. The van der Waals surface area contributed by atoms with Crippen molar-refractivity contribution in [2.24, 2.45) is 0 Å². The van der Waals surface area contributed by atoms with Gasteiger partial charge in [0.05, 0.1) is 25.4 Å². The number of rotatable bonds is 7. The number of ether oxygens (including phenoxy) is 4. The minimum atomic E-state index is -1.64. The van der Waals surface area contributed by atoms with E-state index in [1.54, 1.807) is 12.1 Å². The van der Waals surface area contributed by atoms with Crippen molar-refractivity contribution >= 4 is 5.97 Å². The highest BCUT2D eigenvalue weighted by Gasteiger charge is 2.61. The SMILES string of the molecule is Cc1ccc(C2OC[C@@]3(O)C(c4ccc(C(=O)OCCO)cc4)O[C@H](C(O)CO)[C@@H]3O2)cc1. The average Bonchev–Trinajstić information content (AvgIpc) is 3.15. The highest BCUT2D eigenvalue weighted by atomic mass is 16.7. The summed E-state index contributed by atoms with van der Waals surface area (Å²) in [6.45, 7) is 0.887. The van der Waals surface area contributed by atoms with Crippen molar-refractivity contribution in [2.45, 2.75) is 43.2 Å². The Bertz CT molecular complexity index is 945. The number of esters is 1. The second-order valence-corrected chi connectivity index (χ2v) is 8.31. The van der Waals surface area contributed by atoms with Gasteiger partial charge in [0.2, 0.25) is 0 Å². The zero-order chi connectivity index (χ0) is 23.6. The van der Waals surface area contributed by atoms with Crippen LogP contribution in [0.5, 0.6) is 0 Å². The molecule has 2 heterocycles. The van der Waals surface area contributed by atoms with Gasteiger partial charge in [0.25, 0.3) is 0 Å². The van der Waals surface area contributed by atoms with Gasteiger partial charge in [0.15, 0.2) is 6.29 Å². The highest BCUT2D eigenvalue weighted by Crippen LogP contribution is 2.49. The van der Waals surface area contributed by atoms with Crippen LogP contribution < -0.4 is 0 Å². The van der Waals surface area contributed by atoms with Gasteiger partial charge in [-0.15, -0.1) is 0 Å². The summed E-state index contributed by atoms with van der Waals surface area (Å²) in [6, 6.07) is 13.8. The van der Waals surface area contributed by atoms with Crippen LogP contribution in [-0.2, 0) is 18.9 Å². The van der Waals surface area contributed by atoms with Crippen LogP contribution in [0, 0.1) is 6.92 Å². The first-order chi connectivity index (χ1) is 15.9. The number of aliphatic hydroxyl groups excluding tert-OH is 3. The first kappa shape index (κ1) is 23.8. The van der Waals surface area contributed by atoms with Crippen LogP contribution in [0.15, 0.2) is 48.5 Å². The molecule has 0 saturated carbocycles. The lowest BCUT2D eigenvalue weighted by molar-refractivity contribution is -0.292. The molecule has 0 bridgehead atoms.